The van der Waals surface area contributed by atoms with Crippen LogP contribution in [0.2, 0.25) is 0 Å². The summed E-state index contributed by atoms with van der Waals surface area (Å²) in [4.78, 5) is 15.4. The van der Waals surface area contributed by atoms with Crippen molar-refractivity contribution in [2.24, 2.45) is 0 Å². The number of nitrogens with one attached hydrogen (secondary N) is 1. The van der Waals surface area contributed by atoms with Gasteiger partial charge in [0.1, 0.15) is 0 Å². The quantitative estimate of drug-likeness (QED) is 0.562. The normalized spacial score (nSPS) is 9.27. The van der Waals surface area contributed by atoms with E-state index in [2.05, 4.69) is 16.2 Å². The van der Waals surface area contributed by atoms with Crippen LogP contribution in [0.25, 0.3) is 0 Å². The number of nitrogens with zero attached hydrogens (tertiary/aromatic N) is 1. The second kappa shape index (κ2) is 5.66. The predicted octanol–water partition coefficient (Wildman–Crippen LogP) is 0.807. The first-order valence-corrected chi connectivity index (χ1v) is 4.68. The van der Waals surface area contributed by atoms with E-state index in [4.69, 9.17) is 12.2 Å². The molecule has 0 spiro atoms. The summed E-state index contributed by atoms with van der Waals surface area (Å²) in [7, 11) is 0. The molecule has 3 N–H and O–H groups in total. The van der Waals surface area contributed by atoms with Crippen LogP contribution >= 0.6 is 0 Å². The van der Waals surface area contributed by atoms with Gasteiger partial charge >= 0.3 is 0 Å². The van der Waals surface area contributed by atoms with E-state index in [1.807, 2.05) is 0 Å². The average molecular weight is 203 g/mol. The van der Waals surface area contributed by atoms with E-state index in [-0.39, 0.29) is 11.6 Å². The van der Waals surface area contributed by atoms with Crippen molar-refractivity contribution in [3.63, 3.8) is 0 Å². The van der Waals surface area contributed by atoms with E-state index in [1.54, 1.807) is 12.1 Å². The number of rotatable bonds is 4. The second-order valence-electron chi connectivity index (χ2n) is 3.00. The molecule has 0 atom stereocenters. The summed E-state index contributed by atoms with van der Waals surface area (Å²) in [6.07, 6.45) is 8.03. The fraction of sp³-hybridized carbons (Fsp3) is 0.273. The van der Waals surface area contributed by atoms with Crippen molar-refractivity contribution in [1.82, 2.24) is 10.3 Å². The van der Waals surface area contributed by atoms with Crippen LogP contribution in [0.15, 0.2) is 18.3 Å². The van der Waals surface area contributed by atoms with Crippen LogP contribution in [-0.2, 0) is 0 Å². The predicted molar refractivity (Wildman–Crippen MR) is 59.0 cm³/mol. The van der Waals surface area contributed by atoms with Crippen LogP contribution in [0, 0.1) is 12.3 Å². The molecule has 1 aromatic rings. The summed E-state index contributed by atoms with van der Waals surface area (Å²) < 4.78 is 0. The lowest BCUT2D eigenvalue weighted by Crippen LogP contribution is -2.26. The van der Waals surface area contributed by atoms with Gasteiger partial charge in [0.05, 0.1) is 5.69 Å². The van der Waals surface area contributed by atoms with Gasteiger partial charge < -0.3 is 11.1 Å². The molecular weight excluding hydrogens is 190 g/mol. The Labute approximate surface area is 88.9 Å². The van der Waals surface area contributed by atoms with E-state index in [1.165, 1.54) is 6.20 Å². The molecule has 0 aliphatic rings. The molecule has 1 amide bonds. The molecule has 0 bridgehead atoms. The molecule has 1 aromatic heterocycles. The number of hydrogen-bond donors (Lipinski definition) is 2. The highest BCUT2D eigenvalue weighted by molar-refractivity contribution is 5.96. The minimum Gasteiger partial charge on any atom is -0.397 e. The third-order valence-electron chi connectivity index (χ3n) is 1.84. The summed E-state index contributed by atoms with van der Waals surface area (Å²) in [5, 5.41) is 2.70. The highest BCUT2D eigenvalue weighted by Crippen LogP contribution is 2.05. The largest absolute Gasteiger partial charge is 0.397 e. The van der Waals surface area contributed by atoms with E-state index < -0.39 is 0 Å². The van der Waals surface area contributed by atoms with Crippen LogP contribution in [-0.4, -0.2) is 17.4 Å². The number of amides is 1. The zero-order chi connectivity index (χ0) is 11.1. The first kappa shape index (κ1) is 11.1. The van der Waals surface area contributed by atoms with E-state index in [0.29, 0.717) is 18.7 Å². The van der Waals surface area contributed by atoms with Crippen molar-refractivity contribution in [2.75, 3.05) is 12.3 Å². The molecule has 78 valence electrons. The molecule has 0 saturated heterocycles. The Morgan fingerprint density at radius 1 is 1.67 bits per heavy atom. The molecule has 15 heavy (non-hydrogen) atoms. The number of aromatic nitrogens is 1. The lowest BCUT2D eigenvalue weighted by Gasteiger charge is -2.04. The third-order valence-corrected chi connectivity index (χ3v) is 1.84. The Kier molecular flexibility index (Phi) is 4.17. The fourth-order valence-corrected chi connectivity index (χ4v) is 1.08. The number of anilines is 1. The second-order valence-corrected chi connectivity index (χ2v) is 3.00. The number of nitrogens with two attached hydrogens (primary N) is 1. The van der Waals surface area contributed by atoms with Crippen LogP contribution in [0.4, 0.5) is 5.69 Å². The number of hydrogen-bond acceptors (Lipinski definition) is 3. The molecule has 0 radical (unpaired) electrons. The molecule has 0 saturated carbocycles. The Bertz CT molecular complexity index is 382. The first-order valence-electron chi connectivity index (χ1n) is 4.68. The van der Waals surface area contributed by atoms with Gasteiger partial charge in [-0.3, -0.25) is 4.79 Å². The summed E-state index contributed by atoms with van der Waals surface area (Å²) in [5.74, 6) is 2.24. The van der Waals surface area contributed by atoms with Crippen molar-refractivity contribution < 1.29 is 4.79 Å². The summed E-state index contributed by atoms with van der Waals surface area (Å²) in [5.41, 5.74) is 6.24. The maximum Gasteiger partial charge on any atom is 0.272 e. The highest BCUT2D eigenvalue weighted by atomic mass is 16.1. The minimum absolute atomic E-state index is 0.259. The Morgan fingerprint density at radius 2 is 2.47 bits per heavy atom. The number of carbonyl (C=O) groups is 1. The molecule has 0 fully saturated rings. The summed E-state index contributed by atoms with van der Waals surface area (Å²) in [6.45, 7) is 0.541. The minimum atomic E-state index is -0.259. The van der Waals surface area contributed by atoms with E-state index in [9.17, 15) is 4.79 Å². The fourth-order valence-electron chi connectivity index (χ4n) is 1.08. The van der Waals surface area contributed by atoms with Gasteiger partial charge in [0.2, 0.25) is 0 Å². The van der Waals surface area contributed by atoms with Crippen molar-refractivity contribution in [2.45, 2.75) is 12.8 Å². The summed E-state index contributed by atoms with van der Waals surface area (Å²) >= 11 is 0. The van der Waals surface area contributed by atoms with Crippen LogP contribution < -0.4 is 11.1 Å². The van der Waals surface area contributed by atoms with E-state index in [0.717, 1.165) is 6.42 Å². The molecule has 0 unspecified atom stereocenters. The van der Waals surface area contributed by atoms with Gasteiger partial charge in [-0.25, -0.2) is 4.98 Å². The zero-order valence-corrected chi connectivity index (χ0v) is 8.36. The Morgan fingerprint density at radius 3 is 3.13 bits per heavy atom. The molecule has 4 nitrogen and oxygen atoms in total. The molecule has 0 aliphatic carbocycles. The van der Waals surface area contributed by atoms with Gasteiger partial charge in [0, 0.05) is 19.2 Å². The van der Waals surface area contributed by atoms with Crippen molar-refractivity contribution in [1.29, 1.82) is 0 Å². The average Bonchev–Trinajstić information content (AvgIpc) is 2.25. The van der Waals surface area contributed by atoms with Gasteiger partial charge in [0.15, 0.2) is 5.69 Å². The summed E-state index contributed by atoms with van der Waals surface area (Å²) in [6, 6.07) is 3.33. The van der Waals surface area contributed by atoms with E-state index >= 15 is 0 Å². The molecule has 0 aliphatic heterocycles. The first-order chi connectivity index (χ1) is 7.25. The monoisotopic (exact) mass is 203 g/mol. The standard InChI is InChI=1S/C11H13N3O/c1-2-3-4-7-14-11(15)10-9(12)6-5-8-13-10/h1,5-6,8H,3-4,7,12H2,(H,14,15). The molecule has 1 heterocycles. The maximum absolute atomic E-state index is 11.5. The van der Waals surface area contributed by atoms with Crippen molar-refractivity contribution >= 4 is 11.6 Å². The number of carbonyl (C=O) groups excluding carboxylic acids is 1. The van der Waals surface area contributed by atoms with Crippen molar-refractivity contribution in [3.05, 3.63) is 24.0 Å². The van der Waals surface area contributed by atoms with Gasteiger partial charge in [-0.05, 0) is 18.6 Å². The lowest BCUT2D eigenvalue weighted by molar-refractivity contribution is 0.0949. The molecule has 0 aromatic carbocycles. The molecule has 4 heteroatoms. The Balaban J connectivity index is 2.48. The third kappa shape index (κ3) is 3.31. The van der Waals surface area contributed by atoms with Gasteiger partial charge in [-0.1, -0.05) is 0 Å². The zero-order valence-electron chi connectivity index (χ0n) is 8.36. The number of unbranched alkanes of at least 4 members (excludes halogenated alkanes) is 1. The highest BCUT2D eigenvalue weighted by Gasteiger charge is 2.08. The number of nitrogen functional groups attached to an aromatic ring is 1. The lowest BCUT2D eigenvalue weighted by atomic mass is 10.2. The maximum atomic E-state index is 11.5. The van der Waals surface area contributed by atoms with Gasteiger partial charge in [0.25, 0.3) is 5.91 Å². The van der Waals surface area contributed by atoms with Gasteiger partial charge in [-0.15, -0.1) is 12.3 Å². The van der Waals surface area contributed by atoms with Crippen molar-refractivity contribution in [3.8, 4) is 12.3 Å². The topological polar surface area (TPSA) is 68.0 Å². The molecule has 1 rings (SSSR count). The van der Waals surface area contributed by atoms with Crippen LogP contribution in [0.3, 0.4) is 0 Å². The SMILES string of the molecule is C#CCCCNC(=O)c1ncccc1N. The number of pyridine rings is 1. The number of terminal acetylenes is 1. The molecular formula is C11H13N3O. The Hall–Kier alpha value is -2.02. The van der Waals surface area contributed by atoms with Crippen LogP contribution in [0.1, 0.15) is 23.3 Å². The van der Waals surface area contributed by atoms with Crippen LogP contribution in [0.5, 0.6) is 0 Å². The smallest absolute Gasteiger partial charge is 0.272 e. The van der Waals surface area contributed by atoms with Gasteiger partial charge in [-0.2, -0.15) is 0 Å².